The molecular weight excluding hydrogens is 185 g/mol. The molecule has 0 aliphatic carbocycles. The quantitative estimate of drug-likeness (QED) is 0.684. The maximum Gasteiger partial charge on any atom is 0.535 e. The van der Waals surface area contributed by atoms with Crippen molar-refractivity contribution >= 4 is 0 Å². The summed E-state index contributed by atoms with van der Waals surface area (Å²) in [6, 6.07) is 4.43. The number of hydrogen-bond donors (Lipinski definition) is 0. The van der Waals surface area contributed by atoms with Gasteiger partial charge in [0, 0.05) is 13.2 Å². The molecule has 0 unspecified atom stereocenters. The number of alkyl halides is 2. The molecule has 0 aromatic heterocycles. The maximum atomic E-state index is 12.5. The lowest BCUT2D eigenvalue weighted by molar-refractivity contribution is -0.342. The van der Waals surface area contributed by atoms with E-state index in [0.717, 1.165) is 19.2 Å². The lowest BCUT2D eigenvalue weighted by Crippen LogP contribution is -2.26. The summed E-state index contributed by atoms with van der Waals surface area (Å²) in [5, 5.41) is 0. The predicted octanol–water partition coefficient (Wildman–Crippen LogP) is 2.40. The van der Waals surface area contributed by atoms with Crippen molar-refractivity contribution in [2.75, 3.05) is 7.11 Å². The molecule has 0 bridgehead atoms. The van der Waals surface area contributed by atoms with Crippen LogP contribution in [-0.4, -0.2) is 13.4 Å². The highest BCUT2D eigenvalue weighted by atomic mass is 19.3. The normalized spacial score (nSPS) is 11.4. The van der Waals surface area contributed by atoms with Crippen molar-refractivity contribution in [3.63, 3.8) is 0 Å². The molecule has 0 amide bonds. The Hall–Kier alpha value is -1.23. The second-order valence-electron chi connectivity index (χ2n) is 2.23. The Morgan fingerprint density at radius 1 is 1.31 bits per heavy atom. The van der Waals surface area contributed by atoms with Crippen LogP contribution in [0.4, 0.5) is 13.2 Å². The molecule has 2 nitrogen and oxygen atoms in total. The minimum atomic E-state index is -3.73. The van der Waals surface area contributed by atoms with Crippen LogP contribution in [-0.2, 0) is 4.74 Å². The summed E-state index contributed by atoms with van der Waals surface area (Å²) in [6.45, 7) is 0. The van der Waals surface area contributed by atoms with Crippen LogP contribution in [0.3, 0.4) is 0 Å². The second-order valence-corrected chi connectivity index (χ2v) is 2.23. The van der Waals surface area contributed by atoms with Crippen LogP contribution in [0.25, 0.3) is 0 Å². The van der Waals surface area contributed by atoms with Gasteiger partial charge in [-0.2, -0.15) is 0 Å². The van der Waals surface area contributed by atoms with Gasteiger partial charge in [-0.3, -0.25) is 4.74 Å². The first-order valence-electron chi connectivity index (χ1n) is 3.41. The van der Waals surface area contributed by atoms with E-state index in [2.05, 4.69) is 9.47 Å². The monoisotopic (exact) mass is 192 g/mol. The van der Waals surface area contributed by atoms with Gasteiger partial charge in [0.05, 0.1) is 0 Å². The van der Waals surface area contributed by atoms with Gasteiger partial charge in [0.1, 0.15) is 11.6 Å². The fourth-order valence-corrected chi connectivity index (χ4v) is 0.709. The number of hydrogen-bond acceptors (Lipinski definition) is 2. The average molecular weight is 192 g/mol. The molecule has 5 heteroatoms. The number of rotatable bonds is 3. The molecule has 0 aliphatic heterocycles. The van der Waals surface area contributed by atoms with E-state index in [4.69, 9.17) is 0 Å². The van der Waals surface area contributed by atoms with Crippen molar-refractivity contribution in [2.45, 2.75) is 6.29 Å². The van der Waals surface area contributed by atoms with Crippen molar-refractivity contribution in [1.82, 2.24) is 0 Å². The third kappa shape index (κ3) is 2.95. The van der Waals surface area contributed by atoms with E-state index >= 15 is 0 Å². The smallest absolute Gasteiger partial charge is 0.409 e. The summed E-state index contributed by atoms with van der Waals surface area (Å²) in [4.78, 5) is 0. The molecule has 1 rings (SSSR count). The number of halogens is 3. The van der Waals surface area contributed by atoms with Crippen LogP contribution in [0.2, 0.25) is 0 Å². The van der Waals surface area contributed by atoms with E-state index in [1.165, 1.54) is 12.1 Å². The highest BCUT2D eigenvalue weighted by Gasteiger charge is 2.31. The third-order valence-electron chi connectivity index (χ3n) is 1.27. The van der Waals surface area contributed by atoms with E-state index in [0.29, 0.717) is 0 Å². The molecule has 0 saturated heterocycles. The first-order valence-corrected chi connectivity index (χ1v) is 3.41. The zero-order chi connectivity index (χ0) is 9.90. The molecule has 1 aromatic carbocycles. The Morgan fingerprint density at radius 2 is 2.00 bits per heavy atom. The van der Waals surface area contributed by atoms with Gasteiger partial charge in [-0.05, 0) is 12.1 Å². The fourth-order valence-electron chi connectivity index (χ4n) is 0.709. The van der Waals surface area contributed by atoms with Gasteiger partial charge in [0.15, 0.2) is 0 Å². The largest absolute Gasteiger partial charge is 0.535 e. The SMILES string of the molecule is COC(F)(F)Oc1cccc(F)c1. The number of ether oxygens (including phenoxy) is 2. The summed E-state index contributed by atoms with van der Waals surface area (Å²) in [5.74, 6) is -0.934. The zero-order valence-electron chi connectivity index (χ0n) is 6.76. The molecule has 1 aromatic rings. The van der Waals surface area contributed by atoms with E-state index in [-0.39, 0.29) is 5.75 Å². The summed E-state index contributed by atoms with van der Waals surface area (Å²) in [6.07, 6.45) is -3.73. The van der Waals surface area contributed by atoms with E-state index < -0.39 is 12.1 Å². The van der Waals surface area contributed by atoms with Gasteiger partial charge in [-0.1, -0.05) is 6.07 Å². The molecule has 0 atom stereocenters. The Balaban J connectivity index is 2.74. The third-order valence-corrected chi connectivity index (χ3v) is 1.27. The number of methoxy groups -OCH3 is 1. The molecule has 0 aliphatic rings. The minimum Gasteiger partial charge on any atom is -0.409 e. The lowest BCUT2D eigenvalue weighted by Gasteiger charge is -2.14. The van der Waals surface area contributed by atoms with Crippen LogP contribution in [0.1, 0.15) is 0 Å². The summed E-state index contributed by atoms with van der Waals surface area (Å²) < 4.78 is 45.0. The van der Waals surface area contributed by atoms with Crippen molar-refractivity contribution in [3.05, 3.63) is 30.1 Å². The Morgan fingerprint density at radius 3 is 2.54 bits per heavy atom. The van der Waals surface area contributed by atoms with Crippen LogP contribution in [0, 0.1) is 5.82 Å². The summed E-state index contributed by atoms with van der Waals surface area (Å²) in [7, 11) is 0.791. The van der Waals surface area contributed by atoms with Gasteiger partial charge in [-0.15, -0.1) is 8.78 Å². The van der Waals surface area contributed by atoms with E-state index in [1.807, 2.05) is 0 Å². The highest BCUT2D eigenvalue weighted by Crippen LogP contribution is 2.22. The van der Waals surface area contributed by atoms with Crippen molar-refractivity contribution in [1.29, 1.82) is 0 Å². The fraction of sp³-hybridized carbons (Fsp3) is 0.250. The maximum absolute atomic E-state index is 12.5. The average Bonchev–Trinajstić information content (AvgIpc) is 2.03. The Kier molecular flexibility index (Phi) is 2.77. The molecule has 0 N–H and O–H groups in total. The summed E-state index contributed by atoms with van der Waals surface area (Å²) in [5.41, 5.74) is 0. The predicted molar refractivity (Wildman–Crippen MR) is 39.0 cm³/mol. The summed E-state index contributed by atoms with van der Waals surface area (Å²) >= 11 is 0. The van der Waals surface area contributed by atoms with E-state index in [9.17, 15) is 13.2 Å². The van der Waals surface area contributed by atoms with Crippen LogP contribution in [0.5, 0.6) is 5.75 Å². The molecule has 0 spiro atoms. The zero-order valence-corrected chi connectivity index (χ0v) is 6.76. The lowest BCUT2D eigenvalue weighted by atomic mass is 10.3. The van der Waals surface area contributed by atoms with Crippen molar-refractivity contribution in [3.8, 4) is 5.75 Å². The van der Waals surface area contributed by atoms with Gasteiger partial charge in [-0.25, -0.2) is 4.39 Å². The van der Waals surface area contributed by atoms with Crippen molar-refractivity contribution < 1.29 is 22.6 Å². The van der Waals surface area contributed by atoms with Gasteiger partial charge < -0.3 is 4.74 Å². The van der Waals surface area contributed by atoms with E-state index in [1.54, 1.807) is 0 Å². The standard InChI is InChI=1S/C8H7F3O2/c1-12-8(10,11)13-7-4-2-3-6(9)5-7/h2-5H,1H3. The second kappa shape index (κ2) is 3.66. The van der Waals surface area contributed by atoms with Crippen LogP contribution in [0.15, 0.2) is 24.3 Å². The number of benzene rings is 1. The Labute approximate surface area is 72.9 Å². The molecular formula is C8H7F3O2. The van der Waals surface area contributed by atoms with Gasteiger partial charge >= 0.3 is 6.29 Å². The molecule has 72 valence electrons. The molecule has 0 saturated carbocycles. The molecule has 0 heterocycles. The van der Waals surface area contributed by atoms with Crippen LogP contribution < -0.4 is 4.74 Å². The van der Waals surface area contributed by atoms with Crippen LogP contribution >= 0.6 is 0 Å². The molecule has 0 fully saturated rings. The highest BCUT2D eigenvalue weighted by molar-refractivity contribution is 5.22. The Bertz CT molecular complexity index is 288. The minimum absolute atomic E-state index is 0.285. The first kappa shape index (κ1) is 9.85. The molecule has 13 heavy (non-hydrogen) atoms. The topological polar surface area (TPSA) is 18.5 Å². The van der Waals surface area contributed by atoms with Gasteiger partial charge in [0.2, 0.25) is 0 Å². The van der Waals surface area contributed by atoms with Crippen molar-refractivity contribution in [2.24, 2.45) is 0 Å². The molecule has 0 radical (unpaired) electrons. The first-order chi connectivity index (χ1) is 6.03. The van der Waals surface area contributed by atoms with Gasteiger partial charge in [0.25, 0.3) is 0 Å².